The van der Waals surface area contributed by atoms with Gasteiger partial charge >= 0.3 is 0 Å². The Morgan fingerprint density at radius 2 is 1.89 bits per heavy atom. The topological polar surface area (TPSA) is 98.2 Å². The fourth-order valence-corrected chi connectivity index (χ4v) is 3.14. The van der Waals surface area contributed by atoms with Crippen LogP contribution >= 0.6 is 11.3 Å². The molecule has 1 aromatic rings. The average Bonchev–Trinajstić information content (AvgIpc) is 3.16. The summed E-state index contributed by atoms with van der Waals surface area (Å²) in [4.78, 5) is 24.0. The van der Waals surface area contributed by atoms with Crippen molar-refractivity contribution in [1.82, 2.24) is 0 Å². The van der Waals surface area contributed by atoms with Gasteiger partial charge in [0.25, 0.3) is 5.91 Å². The number of hydrogen-bond acceptors (Lipinski definition) is 5. The SMILES string of the molecule is NC(=O)c1c(NC2CC2)sc(C(=O)C2CC2)c1N. The van der Waals surface area contributed by atoms with Crippen molar-refractivity contribution in [2.24, 2.45) is 11.7 Å². The molecule has 0 unspecified atom stereocenters. The van der Waals surface area contributed by atoms with E-state index in [4.69, 9.17) is 11.5 Å². The van der Waals surface area contributed by atoms with Gasteiger partial charge in [0.15, 0.2) is 5.78 Å². The number of nitrogens with two attached hydrogens (primary N) is 2. The van der Waals surface area contributed by atoms with Crippen molar-refractivity contribution in [3.05, 3.63) is 10.4 Å². The number of nitrogens with one attached hydrogen (secondary N) is 1. The number of anilines is 2. The van der Waals surface area contributed by atoms with Crippen LogP contribution in [0.15, 0.2) is 0 Å². The largest absolute Gasteiger partial charge is 0.397 e. The van der Waals surface area contributed by atoms with E-state index in [1.165, 1.54) is 11.3 Å². The lowest BCUT2D eigenvalue weighted by Gasteiger charge is -2.02. The van der Waals surface area contributed by atoms with Gasteiger partial charge in [0.05, 0.1) is 16.1 Å². The van der Waals surface area contributed by atoms with Gasteiger partial charge in [-0.1, -0.05) is 0 Å². The minimum absolute atomic E-state index is 0.0591. The minimum Gasteiger partial charge on any atom is -0.397 e. The van der Waals surface area contributed by atoms with Crippen LogP contribution in [0.1, 0.15) is 45.7 Å². The Bertz CT molecular complexity index is 530. The van der Waals surface area contributed by atoms with Crippen molar-refractivity contribution in [1.29, 1.82) is 0 Å². The van der Waals surface area contributed by atoms with Crippen molar-refractivity contribution in [3.8, 4) is 0 Å². The van der Waals surface area contributed by atoms with Gasteiger partial charge in [-0.05, 0) is 25.7 Å². The van der Waals surface area contributed by atoms with Crippen LogP contribution in [-0.4, -0.2) is 17.7 Å². The highest BCUT2D eigenvalue weighted by molar-refractivity contribution is 7.19. The van der Waals surface area contributed by atoms with E-state index in [1.54, 1.807) is 0 Å². The molecule has 18 heavy (non-hydrogen) atoms. The quantitative estimate of drug-likeness (QED) is 0.704. The molecule has 5 N–H and O–H groups in total. The average molecular weight is 265 g/mol. The van der Waals surface area contributed by atoms with Gasteiger partial charge < -0.3 is 16.8 Å². The van der Waals surface area contributed by atoms with Crippen LogP contribution in [0.3, 0.4) is 0 Å². The molecule has 5 nitrogen and oxygen atoms in total. The summed E-state index contributed by atoms with van der Waals surface area (Å²) in [5, 5.41) is 3.89. The number of ketones is 1. The molecule has 1 heterocycles. The molecule has 2 saturated carbocycles. The Morgan fingerprint density at radius 1 is 1.22 bits per heavy atom. The molecule has 0 bridgehead atoms. The first-order chi connectivity index (χ1) is 8.58. The van der Waals surface area contributed by atoms with Crippen molar-refractivity contribution >= 4 is 33.7 Å². The molecule has 0 saturated heterocycles. The van der Waals surface area contributed by atoms with Crippen molar-refractivity contribution < 1.29 is 9.59 Å². The number of rotatable bonds is 5. The second-order valence-electron chi connectivity index (χ2n) is 4.97. The van der Waals surface area contributed by atoms with Crippen LogP contribution in [0.4, 0.5) is 10.7 Å². The summed E-state index contributed by atoms with van der Waals surface area (Å²) >= 11 is 1.27. The molecule has 0 radical (unpaired) electrons. The van der Waals surface area contributed by atoms with Crippen LogP contribution in [0.5, 0.6) is 0 Å². The summed E-state index contributed by atoms with van der Waals surface area (Å²) in [6.07, 6.45) is 4.02. The zero-order valence-electron chi connectivity index (χ0n) is 9.86. The van der Waals surface area contributed by atoms with Gasteiger partial charge in [-0.15, -0.1) is 11.3 Å². The third-order valence-electron chi connectivity index (χ3n) is 3.28. The molecule has 1 aromatic heterocycles. The molecule has 2 aliphatic carbocycles. The molecule has 96 valence electrons. The maximum Gasteiger partial charge on any atom is 0.253 e. The van der Waals surface area contributed by atoms with E-state index in [0.29, 0.717) is 15.9 Å². The third kappa shape index (κ3) is 1.96. The number of carbonyl (C=O) groups is 2. The Balaban J connectivity index is 1.98. The fraction of sp³-hybridized carbons (Fsp3) is 0.500. The lowest BCUT2D eigenvalue weighted by molar-refractivity contribution is 0.0972. The van der Waals surface area contributed by atoms with Gasteiger partial charge in [0, 0.05) is 12.0 Å². The predicted molar refractivity (Wildman–Crippen MR) is 70.9 cm³/mol. The van der Waals surface area contributed by atoms with E-state index >= 15 is 0 Å². The van der Waals surface area contributed by atoms with Crippen LogP contribution < -0.4 is 16.8 Å². The number of nitrogen functional groups attached to an aromatic ring is 1. The Kier molecular flexibility index (Phi) is 2.55. The number of carbonyl (C=O) groups excluding carboxylic acids is 2. The normalized spacial score (nSPS) is 18.7. The van der Waals surface area contributed by atoms with Gasteiger partial charge in [0.2, 0.25) is 0 Å². The summed E-state index contributed by atoms with van der Waals surface area (Å²) < 4.78 is 0. The summed E-state index contributed by atoms with van der Waals surface area (Å²) in [5.74, 6) is -0.411. The zero-order chi connectivity index (χ0) is 12.9. The molecule has 3 rings (SSSR count). The van der Waals surface area contributed by atoms with Crippen molar-refractivity contribution in [2.45, 2.75) is 31.7 Å². The van der Waals surface area contributed by atoms with Crippen LogP contribution in [0, 0.1) is 5.92 Å². The Labute approximate surface area is 109 Å². The molecule has 1 amide bonds. The fourth-order valence-electron chi connectivity index (χ4n) is 1.92. The maximum absolute atomic E-state index is 12.1. The first kappa shape index (κ1) is 11.5. The van der Waals surface area contributed by atoms with Crippen molar-refractivity contribution in [3.63, 3.8) is 0 Å². The van der Waals surface area contributed by atoms with E-state index in [-0.39, 0.29) is 23.0 Å². The minimum atomic E-state index is -0.568. The van der Waals surface area contributed by atoms with Crippen molar-refractivity contribution in [2.75, 3.05) is 11.1 Å². The number of amides is 1. The summed E-state index contributed by atoms with van der Waals surface area (Å²) in [5.41, 5.74) is 11.8. The molecule has 2 fully saturated rings. The van der Waals surface area contributed by atoms with E-state index < -0.39 is 5.91 Å². The van der Waals surface area contributed by atoms with E-state index in [1.807, 2.05) is 0 Å². The van der Waals surface area contributed by atoms with Gasteiger partial charge in [0.1, 0.15) is 5.00 Å². The molecule has 0 atom stereocenters. The van der Waals surface area contributed by atoms with Gasteiger partial charge in [-0.2, -0.15) is 0 Å². The second-order valence-corrected chi connectivity index (χ2v) is 5.99. The van der Waals surface area contributed by atoms with E-state index in [9.17, 15) is 9.59 Å². The third-order valence-corrected chi connectivity index (χ3v) is 4.43. The monoisotopic (exact) mass is 265 g/mol. The lowest BCUT2D eigenvalue weighted by Crippen LogP contribution is -2.15. The Hall–Kier alpha value is -1.56. The summed E-state index contributed by atoms with van der Waals surface area (Å²) in [7, 11) is 0. The highest BCUT2D eigenvalue weighted by atomic mass is 32.1. The molecule has 2 aliphatic rings. The smallest absolute Gasteiger partial charge is 0.253 e. The molecular formula is C12H15N3O2S. The maximum atomic E-state index is 12.1. The molecule has 0 aromatic carbocycles. The van der Waals surface area contributed by atoms with Gasteiger partial charge in [-0.25, -0.2) is 0 Å². The Morgan fingerprint density at radius 3 is 2.39 bits per heavy atom. The van der Waals surface area contributed by atoms with E-state index in [0.717, 1.165) is 25.7 Å². The highest BCUT2D eigenvalue weighted by Gasteiger charge is 2.35. The number of hydrogen-bond donors (Lipinski definition) is 3. The number of Topliss-reactive ketones (excluding diaryl/α,β-unsaturated/α-hetero) is 1. The van der Waals surface area contributed by atoms with Crippen LogP contribution in [0.25, 0.3) is 0 Å². The lowest BCUT2D eigenvalue weighted by atomic mass is 10.1. The molecule has 0 aliphatic heterocycles. The first-order valence-electron chi connectivity index (χ1n) is 6.10. The first-order valence-corrected chi connectivity index (χ1v) is 6.92. The van der Waals surface area contributed by atoms with Crippen LogP contribution in [-0.2, 0) is 0 Å². The van der Waals surface area contributed by atoms with Crippen LogP contribution in [0.2, 0.25) is 0 Å². The number of primary amides is 1. The summed E-state index contributed by atoms with van der Waals surface area (Å²) in [6, 6.07) is 0.394. The molecule has 0 spiro atoms. The molecule has 6 heteroatoms. The van der Waals surface area contributed by atoms with E-state index in [2.05, 4.69) is 5.32 Å². The predicted octanol–water partition coefficient (Wildman–Crippen LogP) is 1.60. The number of thiophene rings is 1. The zero-order valence-corrected chi connectivity index (χ0v) is 10.7. The standard InChI is InChI=1S/C12H15N3O2S/c13-8-7(11(14)17)12(15-6-3-4-6)18-10(8)9(16)5-1-2-5/h5-6,15H,1-4,13H2,(H2,14,17). The second kappa shape index (κ2) is 3.98. The molecular weight excluding hydrogens is 250 g/mol. The summed E-state index contributed by atoms with van der Waals surface area (Å²) in [6.45, 7) is 0. The van der Waals surface area contributed by atoms with Gasteiger partial charge in [-0.3, -0.25) is 9.59 Å². The highest BCUT2D eigenvalue weighted by Crippen LogP contribution is 2.42.